The largest absolute Gasteiger partial charge is 0.456 e. The molecule has 39 heavy (non-hydrogen) atoms. The first-order valence-electron chi connectivity index (χ1n) is 13.7. The van der Waals surface area contributed by atoms with Gasteiger partial charge in [0.25, 0.3) is 0 Å². The second kappa shape index (κ2) is 9.55. The van der Waals surface area contributed by atoms with E-state index < -0.39 is 64.4 Å². The number of halogens is 1. The summed E-state index contributed by atoms with van der Waals surface area (Å²) in [6.45, 7) is 6.70. The molecule has 5 aliphatic rings. The standard InChI is InChI=1S/C29H39FO9/c1-25(2)38-23-13-20-19-7-6-17-12-18(31)8-9-26(17,3)28(19,30)21(32)14-27(20,4)29(23,39-25)22(33)15-37-24(34)16-36-11-10-35-5/h8-9,12,19-21,23,32H,6-7,10-11,13-16H2,1-5H3/t19?,20?,21-,23+,26?,27?,28-,29+/m0/s1. The molecule has 10 heteroatoms. The van der Waals surface area contributed by atoms with E-state index in [0.717, 1.165) is 0 Å². The number of esters is 1. The maximum atomic E-state index is 17.4. The van der Waals surface area contributed by atoms with Crippen LogP contribution in [0, 0.1) is 22.7 Å². The summed E-state index contributed by atoms with van der Waals surface area (Å²) >= 11 is 0. The number of rotatable bonds is 8. The Morgan fingerprint density at radius 3 is 2.62 bits per heavy atom. The van der Waals surface area contributed by atoms with E-state index in [0.29, 0.717) is 31.4 Å². The molecule has 1 heterocycles. The first-order valence-corrected chi connectivity index (χ1v) is 13.7. The van der Waals surface area contributed by atoms with Gasteiger partial charge in [-0.1, -0.05) is 18.6 Å². The van der Waals surface area contributed by atoms with Gasteiger partial charge in [-0.3, -0.25) is 9.59 Å². The Balaban J connectivity index is 1.45. The average Bonchev–Trinajstić information content (AvgIpc) is 3.27. The van der Waals surface area contributed by atoms with Crippen LogP contribution in [0.5, 0.6) is 0 Å². The molecule has 0 aromatic heterocycles. The monoisotopic (exact) mass is 550 g/mol. The van der Waals surface area contributed by atoms with Crippen molar-refractivity contribution in [1.82, 2.24) is 0 Å². The molecule has 1 aliphatic heterocycles. The molecule has 216 valence electrons. The van der Waals surface area contributed by atoms with Gasteiger partial charge >= 0.3 is 5.97 Å². The highest BCUT2D eigenvalue weighted by molar-refractivity contribution is 6.01. The quantitative estimate of drug-likeness (QED) is 0.359. The zero-order valence-electron chi connectivity index (χ0n) is 23.3. The summed E-state index contributed by atoms with van der Waals surface area (Å²) in [6.07, 6.45) is 3.59. The lowest BCUT2D eigenvalue weighted by Crippen LogP contribution is -2.70. The molecule has 4 unspecified atom stereocenters. The number of alkyl halides is 1. The zero-order chi connectivity index (χ0) is 28.4. The third-order valence-corrected chi connectivity index (χ3v) is 10.1. The lowest BCUT2D eigenvalue weighted by molar-refractivity contribution is -0.246. The van der Waals surface area contributed by atoms with E-state index >= 15 is 4.39 Å². The number of carbonyl (C=O) groups excluding carboxylic acids is 3. The van der Waals surface area contributed by atoms with E-state index in [1.807, 2.05) is 6.92 Å². The number of aliphatic hydroxyl groups is 1. The number of fused-ring (bicyclic) bond motifs is 7. The van der Waals surface area contributed by atoms with E-state index in [1.54, 1.807) is 26.8 Å². The van der Waals surface area contributed by atoms with Crippen molar-refractivity contribution in [1.29, 1.82) is 0 Å². The fourth-order valence-corrected chi connectivity index (χ4v) is 8.40. The van der Waals surface area contributed by atoms with Crippen LogP contribution in [0.25, 0.3) is 0 Å². The SMILES string of the molecule is COCCOCC(=O)OCC(=O)[C@@]12OC(C)(C)O[C@@H]1CC1C3CCC4=CC(=O)C=CC4(C)[C@@]3(F)[C@@H](O)CC12C. The molecule has 3 saturated carbocycles. The maximum absolute atomic E-state index is 17.4. The Morgan fingerprint density at radius 2 is 1.90 bits per heavy atom. The highest BCUT2D eigenvalue weighted by Crippen LogP contribution is 2.72. The predicted octanol–water partition coefficient (Wildman–Crippen LogP) is 2.63. The summed E-state index contributed by atoms with van der Waals surface area (Å²) in [7, 11) is 1.52. The summed E-state index contributed by atoms with van der Waals surface area (Å²) in [6, 6.07) is 0. The van der Waals surface area contributed by atoms with Gasteiger partial charge in [0.1, 0.15) is 6.61 Å². The molecule has 8 atom stereocenters. The molecule has 0 aromatic carbocycles. The van der Waals surface area contributed by atoms with Gasteiger partial charge in [-0.15, -0.1) is 0 Å². The fourth-order valence-electron chi connectivity index (χ4n) is 8.40. The molecule has 4 aliphatic carbocycles. The van der Waals surface area contributed by atoms with Crippen LogP contribution < -0.4 is 0 Å². The van der Waals surface area contributed by atoms with Crippen LogP contribution in [-0.2, 0) is 38.1 Å². The van der Waals surface area contributed by atoms with Crippen molar-refractivity contribution < 1.29 is 47.6 Å². The molecule has 4 fully saturated rings. The van der Waals surface area contributed by atoms with Crippen molar-refractivity contribution >= 4 is 17.5 Å². The van der Waals surface area contributed by atoms with E-state index in [2.05, 4.69) is 0 Å². The summed E-state index contributed by atoms with van der Waals surface area (Å²) in [5.74, 6) is -3.41. The molecule has 9 nitrogen and oxygen atoms in total. The maximum Gasteiger partial charge on any atom is 0.332 e. The smallest absolute Gasteiger partial charge is 0.332 e. The van der Waals surface area contributed by atoms with Crippen molar-refractivity contribution in [2.45, 2.75) is 82.6 Å². The van der Waals surface area contributed by atoms with Gasteiger partial charge in [-0.2, -0.15) is 0 Å². The van der Waals surface area contributed by atoms with E-state index in [-0.39, 0.29) is 31.3 Å². The average molecular weight is 551 g/mol. The van der Waals surface area contributed by atoms with Gasteiger partial charge in [0.05, 0.1) is 25.4 Å². The van der Waals surface area contributed by atoms with Crippen molar-refractivity contribution in [2.75, 3.05) is 33.5 Å². The van der Waals surface area contributed by atoms with Gasteiger partial charge < -0.3 is 28.8 Å². The summed E-state index contributed by atoms with van der Waals surface area (Å²) < 4.78 is 45.5. The van der Waals surface area contributed by atoms with Crippen molar-refractivity contribution in [3.05, 3.63) is 23.8 Å². The highest BCUT2D eigenvalue weighted by Gasteiger charge is 2.80. The minimum Gasteiger partial charge on any atom is -0.456 e. The predicted molar refractivity (Wildman–Crippen MR) is 135 cm³/mol. The molecule has 1 N–H and O–H groups in total. The first kappa shape index (κ1) is 28.5. The van der Waals surface area contributed by atoms with E-state index in [1.165, 1.54) is 19.3 Å². The molecule has 0 amide bonds. The summed E-state index contributed by atoms with van der Waals surface area (Å²) in [4.78, 5) is 38.3. The Bertz CT molecular complexity index is 1120. The number of hydrogen-bond acceptors (Lipinski definition) is 9. The lowest BCUT2D eigenvalue weighted by Gasteiger charge is -2.62. The van der Waals surface area contributed by atoms with E-state index in [9.17, 15) is 19.5 Å². The Hall–Kier alpha value is -1.98. The van der Waals surface area contributed by atoms with Crippen molar-refractivity contribution in [3.63, 3.8) is 0 Å². The van der Waals surface area contributed by atoms with Gasteiger partial charge in [-0.05, 0) is 64.5 Å². The van der Waals surface area contributed by atoms with Gasteiger partial charge in [0.2, 0.25) is 5.78 Å². The number of aliphatic hydroxyl groups excluding tert-OH is 1. The second-order valence-corrected chi connectivity index (χ2v) is 12.5. The Morgan fingerprint density at radius 1 is 1.15 bits per heavy atom. The number of ketones is 2. The van der Waals surface area contributed by atoms with Crippen LogP contribution in [0.2, 0.25) is 0 Å². The number of Topliss-reactive ketones (excluding diaryl/α,β-unsaturated/α-hetero) is 1. The van der Waals surface area contributed by atoms with Crippen molar-refractivity contribution in [3.8, 4) is 0 Å². The Kier molecular flexibility index (Phi) is 6.99. The molecular weight excluding hydrogens is 511 g/mol. The van der Waals surface area contributed by atoms with E-state index in [4.69, 9.17) is 23.7 Å². The van der Waals surface area contributed by atoms with Gasteiger partial charge in [-0.25, -0.2) is 9.18 Å². The number of hydrogen-bond donors (Lipinski definition) is 1. The first-order chi connectivity index (χ1) is 18.2. The zero-order valence-corrected chi connectivity index (χ0v) is 23.3. The van der Waals surface area contributed by atoms with Crippen LogP contribution >= 0.6 is 0 Å². The molecule has 0 spiro atoms. The number of ether oxygens (including phenoxy) is 5. The van der Waals surface area contributed by atoms with Gasteiger partial charge in [0.15, 0.2) is 29.4 Å². The van der Waals surface area contributed by atoms with Crippen LogP contribution in [0.3, 0.4) is 0 Å². The number of methoxy groups -OCH3 is 1. The molecule has 0 radical (unpaired) electrons. The molecule has 1 saturated heterocycles. The molecular formula is C29H39FO9. The van der Waals surface area contributed by atoms with Crippen LogP contribution in [0.15, 0.2) is 23.8 Å². The minimum absolute atomic E-state index is 0.0505. The third-order valence-electron chi connectivity index (χ3n) is 10.1. The van der Waals surface area contributed by atoms with Crippen LogP contribution in [0.1, 0.15) is 53.4 Å². The second-order valence-electron chi connectivity index (χ2n) is 12.5. The topological polar surface area (TPSA) is 118 Å². The molecule has 5 rings (SSSR count). The number of allylic oxidation sites excluding steroid dienone is 4. The summed E-state index contributed by atoms with van der Waals surface area (Å²) in [5.41, 5.74) is -5.01. The normalized spacial score (nSPS) is 43.7. The Labute approximate surface area is 228 Å². The van der Waals surface area contributed by atoms with Crippen LogP contribution in [0.4, 0.5) is 4.39 Å². The van der Waals surface area contributed by atoms with Crippen molar-refractivity contribution in [2.24, 2.45) is 22.7 Å². The molecule has 0 aromatic rings. The highest BCUT2D eigenvalue weighted by atomic mass is 19.1. The lowest BCUT2D eigenvalue weighted by atomic mass is 9.44. The van der Waals surface area contributed by atoms with Gasteiger partial charge in [0, 0.05) is 23.9 Å². The van der Waals surface area contributed by atoms with Crippen LogP contribution in [-0.4, -0.2) is 85.4 Å². The summed E-state index contributed by atoms with van der Waals surface area (Å²) in [5, 5.41) is 11.6. The minimum atomic E-state index is -2.04. The number of carbonyl (C=O) groups is 3. The third kappa shape index (κ3) is 4.01. The molecule has 0 bridgehead atoms. The fraction of sp³-hybridized carbons (Fsp3) is 0.759.